The Bertz CT molecular complexity index is 368. The molecule has 3 heteroatoms. The van der Waals surface area contributed by atoms with Crippen LogP contribution in [-0.4, -0.2) is 23.0 Å². The van der Waals surface area contributed by atoms with Crippen molar-refractivity contribution in [2.75, 3.05) is 0 Å². The second kappa shape index (κ2) is 3.50. The molecule has 5 saturated carbocycles. The van der Waals surface area contributed by atoms with Crippen molar-refractivity contribution in [3.05, 3.63) is 0 Å². The lowest BCUT2D eigenvalue weighted by molar-refractivity contribution is -0.126. The fourth-order valence-corrected chi connectivity index (χ4v) is 5.61. The monoisotopic (exact) mass is 248 g/mol. The van der Waals surface area contributed by atoms with E-state index in [1.165, 1.54) is 51.4 Å². The molecule has 5 aliphatic carbocycles. The van der Waals surface area contributed by atoms with E-state index in [9.17, 15) is 4.79 Å². The number of carbonyl (C=O) groups excluding carboxylic acids is 1. The standard InChI is InChI=1S/C15H24N2O/c1-10(18)16-14-5-11-4-12(6-14)8-15(7-11,9-14)17-13-2-3-13/h11-13,17H,2-9H2,1H3,(H,16,18). The van der Waals surface area contributed by atoms with Gasteiger partial charge in [0.25, 0.3) is 0 Å². The summed E-state index contributed by atoms with van der Waals surface area (Å²) in [6.45, 7) is 1.68. The number of carbonyl (C=O) groups is 1. The second-order valence-corrected chi connectivity index (χ2v) is 7.62. The van der Waals surface area contributed by atoms with Crippen LogP contribution in [0.25, 0.3) is 0 Å². The van der Waals surface area contributed by atoms with Gasteiger partial charge in [-0.15, -0.1) is 0 Å². The molecule has 3 nitrogen and oxygen atoms in total. The van der Waals surface area contributed by atoms with Gasteiger partial charge in [-0.3, -0.25) is 4.79 Å². The summed E-state index contributed by atoms with van der Waals surface area (Å²) in [4.78, 5) is 11.5. The average Bonchev–Trinajstić information content (AvgIpc) is 2.95. The van der Waals surface area contributed by atoms with E-state index >= 15 is 0 Å². The predicted molar refractivity (Wildman–Crippen MR) is 70.1 cm³/mol. The molecule has 1 amide bonds. The summed E-state index contributed by atoms with van der Waals surface area (Å²) in [6, 6.07) is 0.788. The summed E-state index contributed by atoms with van der Waals surface area (Å²) in [6.07, 6.45) is 10.5. The van der Waals surface area contributed by atoms with Crippen molar-refractivity contribution in [2.45, 2.75) is 75.4 Å². The Morgan fingerprint density at radius 1 is 1.06 bits per heavy atom. The van der Waals surface area contributed by atoms with Crippen molar-refractivity contribution in [3.63, 3.8) is 0 Å². The Morgan fingerprint density at radius 3 is 2.22 bits per heavy atom. The van der Waals surface area contributed by atoms with Crippen molar-refractivity contribution in [1.82, 2.24) is 10.6 Å². The summed E-state index contributed by atoms with van der Waals surface area (Å²) < 4.78 is 0. The zero-order chi connectivity index (χ0) is 12.4. The van der Waals surface area contributed by atoms with Gasteiger partial charge in [-0.05, 0) is 63.2 Å². The summed E-state index contributed by atoms with van der Waals surface area (Å²) in [5.41, 5.74) is 0.505. The highest BCUT2D eigenvalue weighted by Crippen LogP contribution is 2.58. The summed E-state index contributed by atoms with van der Waals surface area (Å²) in [7, 11) is 0. The first-order chi connectivity index (χ1) is 8.57. The number of hydrogen-bond acceptors (Lipinski definition) is 2. The molecule has 100 valence electrons. The topological polar surface area (TPSA) is 41.1 Å². The van der Waals surface area contributed by atoms with Gasteiger partial charge in [-0.2, -0.15) is 0 Å². The Kier molecular flexibility index (Phi) is 2.19. The van der Waals surface area contributed by atoms with Crippen LogP contribution in [0.5, 0.6) is 0 Å². The normalized spacial score (nSPS) is 49.4. The van der Waals surface area contributed by atoms with E-state index in [2.05, 4.69) is 10.6 Å². The van der Waals surface area contributed by atoms with Crippen molar-refractivity contribution in [1.29, 1.82) is 0 Å². The molecule has 0 aliphatic heterocycles. The zero-order valence-corrected chi connectivity index (χ0v) is 11.3. The van der Waals surface area contributed by atoms with Crippen LogP contribution < -0.4 is 10.6 Å². The van der Waals surface area contributed by atoms with E-state index < -0.39 is 0 Å². The van der Waals surface area contributed by atoms with E-state index in [4.69, 9.17) is 0 Å². The van der Waals surface area contributed by atoms with E-state index in [0.29, 0.717) is 5.54 Å². The SMILES string of the molecule is CC(=O)NC12CC3CC(C1)CC(NC1CC1)(C3)C2. The molecule has 18 heavy (non-hydrogen) atoms. The Hall–Kier alpha value is -0.570. The molecule has 5 rings (SSSR count). The third kappa shape index (κ3) is 1.78. The molecule has 0 spiro atoms. The van der Waals surface area contributed by atoms with Crippen LogP contribution in [0.4, 0.5) is 0 Å². The maximum atomic E-state index is 11.5. The minimum atomic E-state index is 0.137. The van der Waals surface area contributed by atoms with E-state index in [1.807, 2.05) is 0 Å². The first kappa shape index (κ1) is 11.3. The van der Waals surface area contributed by atoms with Crippen LogP contribution in [0.15, 0.2) is 0 Å². The van der Waals surface area contributed by atoms with Crippen LogP contribution >= 0.6 is 0 Å². The molecule has 0 heterocycles. The number of amides is 1. The molecule has 2 atom stereocenters. The van der Waals surface area contributed by atoms with Crippen LogP contribution in [0, 0.1) is 11.8 Å². The van der Waals surface area contributed by atoms with Gasteiger partial charge in [0.15, 0.2) is 0 Å². The molecule has 0 saturated heterocycles. The fraction of sp³-hybridized carbons (Fsp3) is 0.933. The molecule has 5 fully saturated rings. The van der Waals surface area contributed by atoms with Crippen molar-refractivity contribution >= 4 is 5.91 Å². The fourth-order valence-electron chi connectivity index (χ4n) is 5.61. The van der Waals surface area contributed by atoms with E-state index in [1.54, 1.807) is 6.92 Å². The molecular formula is C15H24N2O. The van der Waals surface area contributed by atoms with Crippen LogP contribution in [-0.2, 0) is 4.79 Å². The van der Waals surface area contributed by atoms with Crippen molar-refractivity contribution in [3.8, 4) is 0 Å². The molecule has 5 aliphatic rings. The molecule has 0 aromatic heterocycles. The maximum absolute atomic E-state index is 11.5. The predicted octanol–water partition coefficient (Wildman–Crippen LogP) is 1.97. The Morgan fingerprint density at radius 2 is 1.67 bits per heavy atom. The first-order valence-corrected chi connectivity index (χ1v) is 7.63. The molecule has 0 aromatic carbocycles. The van der Waals surface area contributed by atoms with Gasteiger partial charge in [0.05, 0.1) is 0 Å². The lowest BCUT2D eigenvalue weighted by Gasteiger charge is -2.62. The largest absolute Gasteiger partial charge is 0.351 e. The number of hydrogen-bond donors (Lipinski definition) is 2. The highest BCUT2D eigenvalue weighted by atomic mass is 16.1. The van der Waals surface area contributed by atoms with Gasteiger partial charge >= 0.3 is 0 Å². The lowest BCUT2D eigenvalue weighted by atomic mass is 9.50. The minimum Gasteiger partial charge on any atom is -0.351 e. The van der Waals surface area contributed by atoms with Gasteiger partial charge in [0.2, 0.25) is 5.91 Å². The number of rotatable bonds is 3. The smallest absolute Gasteiger partial charge is 0.217 e. The molecule has 0 radical (unpaired) electrons. The van der Waals surface area contributed by atoms with Crippen LogP contribution in [0.1, 0.15) is 58.3 Å². The van der Waals surface area contributed by atoms with Gasteiger partial charge < -0.3 is 10.6 Å². The minimum absolute atomic E-state index is 0.137. The summed E-state index contributed by atoms with van der Waals surface area (Å²) in [5, 5.41) is 7.27. The summed E-state index contributed by atoms with van der Waals surface area (Å²) >= 11 is 0. The highest BCUT2D eigenvalue weighted by Gasteiger charge is 2.58. The quantitative estimate of drug-likeness (QED) is 0.801. The molecule has 0 aromatic rings. The molecular weight excluding hydrogens is 224 g/mol. The highest BCUT2D eigenvalue weighted by molar-refractivity contribution is 5.74. The van der Waals surface area contributed by atoms with E-state index in [-0.39, 0.29) is 11.4 Å². The van der Waals surface area contributed by atoms with Gasteiger partial charge in [-0.1, -0.05) is 0 Å². The Labute approximate surface area is 109 Å². The van der Waals surface area contributed by atoms with Crippen LogP contribution in [0.3, 0.4) is 0 Å². The Balaban J connectivity index is 1.61. The molecule has 4 bridgehead atoms. The van der Waals surface area contributed by atoms with E-state index in [0.717, 1.165) is 17.9 Å². The molecule has 2 unspecified atom stereocenters. The van der Waals surface area contributed by atoms with Gasteiger partial charge in [0, 0.05) is 24.0 Å². The summed E-state index contributed by atoms with van der Waals surface area (Å²) in [5.74, 6) is 1.87. The van der Waals surface area contributed by atoms with Gasteiger partial charge in [0.1, 0.15) is 0 Å². The zero-order valence-electron chi connectivity index (χ0n) is 11.3. The van der Waals surface area contributed by atoms with Crippen LogP contribution in [0.2, 0.25) is 0 Å². The van der Waals surface area contributed by atoms with Gasteiger partial charge in [-0.25, -0.2) is 0 Å². The van der Waals surface area contributed by atoms with Crippen molar-refractivity contribution in [2.24, 2.45) is 11.8 Å². The second-order valence-electron chi connectivity index (χ2n) is 7.62. The first-order valence-electron chi connectivity index (χ1n) is 7.63. The third-order valence-electron chi connectivity index (χ3n) is 5.59. The number of nitrogens with one attached hydrogen (secondary N) is 2. The molecule has 2 N–H and O–H groups in total. The lowest BCUT2D eigenvalue weighted by Crippen LogP contribution is -2.69. The maximum Gasteiger partial charge on any atom is 0.217 e. The van der Waals surface area contributed by atoms with Crippen molar-refractivity contribution < 1.29 is 4.79 Å². The third-order valence-corrected chi connectivity index (χ3v) is 5.59. The average molecular weight is 248 g/mol.